The summed E-state index contributed by atoms with van der Waals surface area (Å²) in [6, 6.07) is 8.33. The van der Waals surface area contributed by atoms with Crippen LogP contribution in [0.3, 0.4) is 0 Å². The van der Waals surface area contributed by atoms with Crippen LogP contribution in [0.4, 0.5) is 0 Å². The van der Waals surface area contributed by atoms with Gasteiger partial charge in [-0.2, -0.15) is 0 Å². The summed E-state index contributed by atoms with van der Waals surface area (Å²) >= 11 is 0.999. The summed E-state index contributed by atoms with van der Waals surface area (Å²) < 4.78 is 0. The molecule has 2 N–H and O–H groups in total. The smallest absolute Gasteiger partial charge is 0.286 e. The van der Waals surface area contributed by atoms with E-state index in [0.717, 1.165) is 30.1 Å². The molecular weight excluding hydrogens is 364 g/mol. The zero-order chi connectivity index (χ0) is 19.3. The van der Waals surface area contributed by atoms with E-state index < -0.39 is 11.8 Å². The first-order chi connectivity index (χ1) is 12.9. The highest BCUT2D eigenvalue weighted by Crippen LogP contribution is 2.37. The van der Waals surface area contributed by atoms with Gasteiger partial charge in [0.2, 0.25) is 5.12 Å². The number of amides is 2. The highest BCUT2D eigenvalue weighted by atomic mass is 32.2. The summed E-state index contributed by atoms with van der Waals surface area (Å²) in [5.41, 5.74) is 0.473. The second kappa shape index (κ2) is 6.74. The van der Waals surface area contributed by atoms with Crippen LogP contribution in [0.2, 0.25) is 0 Å². The van der Waals surface area contributed by atoms with Crippen molar-refractivity contribution in [1.29, 1.82) is 0 Å². The van der Waals surface area contributed by atoms with E-state index in [1.165, 1.54) is 0 Å². The molecule has 1 saturated heterocycles. The third kappa shape index (κ3) is 2.96. The van der Waals surface area contributed by atoms with Crippen molar-refractivity contribution in [3.05, 3.63) is 41.5 Å². The maximum atomic E-state index is 12.8. The van der Waals surface area contributed by atoms with Crippen LogP contribution in [0.5, 0.6) is 0 Å². The van der Waals surface area contributed by atoms with Crippen LogP contribution in [0.15, 0.2) is 35.2 Å². The van der Waals surface area contributed by atoms with Gasteiger partial charge in [-0.1, -0.05) is 32.0 Å². The molecule has 2 aliphatic heterocycles. The molecule has 2 heterocycles. The van der Waals surface area contributed by atoms with Crippen molar-refractivity contribution in [2.75, 3.05) is 6.54 Å². The minimum atomic E-state index is -0.793. The molecule has 7 heteroatoms. The van der Waals surface area contributed by atoms with Crippen molar-refractivity contribution in [3.63, 3.8) is 0 Å². The Morgan fingerprint density at radius 2 is 2.00 bits per heavy atom. The lowest BCUT2D eigenvalue weighted by Gasteiger charge is -2.23. The fourth-order valence-electron chi connectivity index (χ4n) is 3.78. The summed E-state index contributed by atoms with van der Waals surface area (Å²) in [5, 5.41) is 14.5. The van der Waals surface area contributed by atoms with E-state index in [9.17, 15) is 19.6 Å². The summed E-state index contributed by atoms with van der Waals surface area (Å²) in [6.45, 7) is 5.10. The normalized spacial score (nSPS) is 22.1. The van der Waals surface area contributed by atoms with E-state index in [0.29, 0.717) is 22.1 Å². The van der Waals surface area contributed by atoms with Crippen LogP contribution in [0.25, 0.3) is 10.8 Å². The molecule has 6 nitrogen and oxygen atoms in total. The molecule has 2 aliphatic rings. The molecule has 2 amide bonds. The van der Waals surface area contributed by atoms with Gasteiger partial charge in [-0.05, 0) is 54.1 Å². The Bertz CT molecular complexity index is 972. The number of rotatable bonds is 3. The quantitative estimate of drug-likeness (QED) is 0.480. The van der Waals surface area contributed by atoms with Crippen LogP contribution < -0.4 is 5.32 Å². The minimum absolute atomic E-state index is 0.0552. The van der Waals surface area contributed by atoms with Gasteiger partial charge in [0.25, 0.3) is 11.8 Å². The molecule has 2 unspecified atom stereocenters. The number of nitrogens with zero attached hydrogens (tertiary/aromatic N) is 1. The van der Waals surface area contributed by atoms with Crippen molar-refractivity contribution < 1.29 is 19.6 Å². The molecule has 2 aromatic rings. The number of hydroxylamine groups is 2. The van der Waals surface area contributed by atoms with Crippen molar-refractivity contribution in [1.82, 2.24) is 10.4 Å². The molecule has 27 heavy (non-hydrogen) atoms. The first-order valence-electron chi connectivity index (χ1n) is 8.97. The Labute approximate surface area is 160 Å². The number of thioether (sulfide) groups is 1. The third-order valence-electron chi connectivity index (χ3n) is 5.44. The van der Waals surface area contributed by atoms with E-state index >= 15 is 0 Å². The predicted molar refractivity (Wildman–Crippen MR) is 102 cm³/mol. The summed E-state index contributed by atoms with van der Waals surface area (Å²) in [6.07, 6.45) is 0.774. The predicted octanol–water partition coefficient (Wildman–Crippen LogP) is 3.08. The molecule has 0 saturated carbocycles. The Morgan fingerprint density at radius 1 is 1.22 bits per heavy atom. The number of hydrogen-bond acceptors (Lipinski definition) is 6. The van der Waals surface area contributed by atoms with Gasteiger partial charge in [-0.3, -0.25) is 19.6 Å². The van der Waals surface area contributed by atoms with Crippen molar-refractivity contribution in [2.24, 2.45) is 11.8 Å². The summed E-state index contributed by atoms with van der Waals surface area (Å²) in [4.78, 5) is 38.1. The molecule has 0 aromatic heterocycles. The van der Waals surface area contributed by atoms with Gasteiger partial charge in [-0.25, -0.2) is 0 Å². The van der Waals surface area contributed by atoms with Crippen LogP contribution in [-0.2, 0) is 4.79 Å². The fourth-order valence-corrected chi connectivity index (χ4v) is 4.74. The molecule has 4 rings (SSSR count). The molecule has 0 bridgehead atoms. The van der Waals surface area contributed by atoms with Gasteiger partial charge in [0.15, 0.2) is 0 Å². The minimum Gasteiger partial charge on any atom is -0.306 e. The van der Waals surface area contributed by atoms with E-state index in [1.807, 2.05) is 0 Å². The molecule has 0 radical (unpaired) electrons. The maximum absolute atomic E-state index is 12.8. The van der Waals surface area contributed by atoms with E-state index in [-0.39, 0.29) is 27.3 Å². The lowest BCUT2D eigenvalue weighted by atomic mass is 9.94. The summed E-state index contributed by atoms with van der Waals surface area (Å²) in [7, 11) is 0. The van der Waals surface area contributed by atoms with Gasteiger partial charge in [0.1, 0.15) is 0 Å². The van der Waals surface area contributed by atoms with Gasteiger partial charge in [0, 0.05) is 10.3 Å². The highest BCUT2D eigenvalue weighted by Gasteiger charge is 2.36. The van der Waals surface area contributed by atoms with E-state index in [1.54, 1.807) is 30.3 Å². The number of imide groups is 1. The topological polar surface area (TPSA) is 86.7 Å². The third-order valence-corrected chi connectivity index (χ3v) is 6.48. The zero-order valence-corrected chi connectivity index (χ0v) is 15.9. The zero-order valence-electron chi connectivity index (χ0n) is 15.1. The lowest BCUT2D eigenvalue weighted by Crippen LogP contribution is -2.38. The average Bonchev–Trinajstić information content (AvgIpc) is 3.15. The number of carbonyl (C=O) groups is 3. The second-order valence-electron chi connectivity index (χ2n) is 7.39. The van der Waals surface area contributed by atoms with Crippen molar-refractivity contribution in [3.8, 4) is 0 Å². The standard InChI is InChI=1S/C20H20N2O4S/c1-10(2)12-8-14(21-9-12)20(25)27-15-7-6-11-4-3-5-13-16(11)17(15)19(24)22(26)18(13)23/h3-7,10,12,14,21,26H,8-9H2,1-2H3. The Hall–Kier alpha value is -2.22. The largest absolute Gasteiger partial charge is 0.306 e. The van der Waals surface area contributed by atoms with Gasteiger partial charge in [-0.15, -0.1) is 5.06 Å². The van der Waals surface area contributed by atoms with E-state index in [4.69, 9.17) is 0 Å². The maximum Gasteiger partial charge on any atom is 0.286 e. The van der Waals surface area contributed by atoms with Crippen LogP contribution in [0, 0.1) is 11.8 Å². The van der Waals surface area contributed by atoms with Crippen LogP contribution in [-0.4, -0.2) is 39.8 Å². The highest BCUT2D eigenvalue weighted by molar-refractivity contribution is 8.13. The number of hydrogen-bond donors (Lipinski definition) is 2. The SMILES string of the molecule is CC(C)C1CNC(C(=O)Sc2ccc3cccc4c3c2C(=O)N(O)C4=O)C1. The number of nitrogens with one attached hydrogen (secondary N) is 1. The second-order valence-corrected chi connectivity index (χ2v) is 8.43. The van der Waals surface area contributed by atoms with Crippen molar-refractivity contribution in [2.45, 2.75) is 31.2 Å². The van der Waals surface area contributed by atoms with Gasteiger partial charge in [0.05, 0.1) is 17.2 Å². The molecule has 0 aliphatic carbocycles. The van der Waals surface area contributed by atoms with Crippen molar-refractivity contribution >= 4 is 39.5 Å². The Balaban J connectivity index is 1.71. The first kappa shape index (κ1) is 18.2. The summed E-state index contributed by atoms with van der Waals surface area (Å²) in [5.74, 6) is -0.587. The van der Waals surface area contributed by atoms with E-state index in [2.05, 4.69) is 19.2 Å². The van der Waals surface area contributed by atoms with Crippen LogP contribution >= 0.6 is 11.8 Å². The molecule has 1 fully saturated rings. The lowest BCUT2D eigenvalue weighted by molar-refractivity contribution is -0.112. The number of carbonyl (C=O) groups excluding carboxylic acids is 3. The monoisotopic (exact) mass is 384 g/mol. The van der Waals surface area contributed by atoms with Gasteiger partial charge >= 0.3 is 0 Å². The fraction of sp³-hybridized carbons (Fsp3) is 0.350. The molecule has 2 aromatic carbocycles. The Morgan fingerprint density at radius 3 is 2.70 bits per heavy atom. The molecule has 140 valence electrons. The first-order valence-corrected chi connectivity index (χ1v) is 9.78. The molecule has 2 atom stereocenters. The molecular formula is C20H20N2O4S. The Kier molecular flexibility index (Phi) is 4.53. The number of benzene rings is 2. The molecule has 0 spiro atoms. The van der Waals surface area contributed by atoms with Crippen LogP contribution in [0.1, 0.15) is 41.0 Å². The average molecular weight is 384 g/mol. The van der Waals surface area contributed by atoms with Gasteiger partial charge < -0.3 is 5.32 Å².